The molecule has 1 aromatic heterocycles. The highest BCUT2D eigenvalue weighted by atomic mass is 79.9. The lowest BCUT2D eigenvalue weighted by molar-refractivity contribution is 0.0596. The Morgan fingerprint density at radius 2 is 2.19 bits per heavy atom. The molecule has 16 heavy (non-hydrogen) atoms. The number of carbonyl (C=O) groups excluding carboxylic acids is 1. The minimum absolute atomic E-state index is 0.111. The Morgan fingerprint density at radius 3 is 2.88 bits per heavy atom. The van der Waals surface area contributed by atoms with Crippen LogP contribution in [-0.2, 0) is 4.74 Å². The number of methoxy groups -OCH3 is 1. The second-order valence-electron chi connectivity index (χ2n) is 3.13. The van der Waals surface area contributed by atoms with Gasteiger partial charge in [-0.2, -0.15) is 0 Å². The summed E-state index contributed by atoms with van der Waals surface area (Å²) < 4.78 is 18.4. The van der Waals surface area contributed by atoms with Gasteiger partial charge in [0.1, 0.15) is 5.82 Å². The van der Waals surface area contributed by atoms with Gasteiger partial charge in [0.15, 0.2) is 5.69 Å². The first-order valence-electron chi connectivity index (χ1n) is 4.45. The molecule has 0 saturated heterocycles. The van der Waals surface area contributed by atoms with Crippen LogP contribution < -0.4 is 0 Å². The lowest BCUT2D eigenvalue weighted by Gasteiger charge is -2.05. The predicted molar refractivity (Wildman–Crippen MR) is 60.7 cm³/mol. The largest absolute Gasteiger partial charge is 0.464 e. The highest BCUT2D eigenvalue weighted by Crippen LogP contribution is 2.27. The van der Waals surface area contributed by atoms with E-state index in [1.165, 1.54) is 25.4 Å². The zero-order valence-corrected chi connectivity index (χ0v) is 9.92. The number of hydrogen-bond donors (Lipinski definition) is 0. The van der Waals surface area contributed by atoms with Crippen LogP contribution in [0.1, 0.15) is 10.5 Å². The highest BCUT2D eigenvalue weighted by Gasteiger charge is 2.14. The van der Waals surface area contributed by atoms with E-state index in [1.54, 1.807) is 6.07 Å². The van der Waals surface area contributed by atoms with Crippen molar-refractivity contribution in [1.29, 1.82) is 0 Å². The highest BCUT2D eigenvalue weighted by molar-refractivity contribution is 9.10. The van der Waals surface area contributed by atoms with Gasteiger partial charge in [-0.05, 0) is 18.2 Å². The zero-order valence-electron chi connectivity index (χ0n) is 8.33. The Morgan fingerprint density at radius 1 is 1.44 bits per heavy atom. The van der Waals surface area contributed by atoms with Gasteiger partial charge in [0, 0.05) is 21.4 Å². The van der Waals surface area contributed by atoms with E-state index in [1.807, 2.05) is 0 Å². The molecule has 82 valence electrons. The Balaban J connectivity index is 2.81. The normalized spacial score (nSPS) is 10.4. The molecule has 0 N–H and O–H groups in total. The summed E-state index contributed by atoms with van der Waals surface area (Å²) in [6, 6.07) is 4.30. The molecule has 1 heterocycles. The van der Waals surface area contributed by atoms with Gasteiger partial charge >= 0.3 is 5.97 Å². The van der Waals surface area contributed by atoms with Crippen LogP contribution in [-0.4, -0.2) is 18.1 Å². The topological polar surface area (TPSA) is 39.2 Å². The van der Waals surface area contributed by atoms with Crippen LogP contribution in [0.15, 0.2) is 28.9 Å². The van der Waals surface area contributed by atoms with Crippen molar-refractivity contribution in [3.63, 3.8) is 0 Å². The number of nitrogens with zero attached hydrogens (tertiary/aromatic N) is 1. The quantitative estimate of drug-likeness (QED) is 0.756. The van der Waals surface area contributed by atoms with Crippen LogP contribution in [0.5, 0.6) is 0 Å². The van der Waals surface area contributed by atoms with Gasteiger partial charge in [-0.25, -0.2) is 14.2 Å². The van der Waals surface area contributed by atoms with E-state index >= 15 is 0 Å². The molecule has 0 aliphatic heterocycles. The molecule has 1 aromatic carbocycles. The number of aromatic nitrogens is 1. The maximum absolute atomic E-state index is 13.2. The van der Waals surface area contributed by atoms with Crippen molar-refractivity contribution >= 4 is 32.7 Å². The summed E-state index contributed by atoms with van der Waals surface area (Å²) in [6.07, 6.45) is 1.48. The van der Waals surface area contributed by atoms with Gasteiger partial charge in [-0.1, -0.05) is 15.9 Å². The Hall–Kier alpha value is -1.49. The number of fused-ring (bicyclic) bond motifs is 1. The van der Waals surface area contributed by atoms with Crippen molar-refractivity contribution < 1.29 is 13.9 Å². The molecule has 0 bridgehead atoms. The van der Waals surface area contributed by atoms with Crippen molar-refractivity contribution in [2.24, 2.45) is 0 Å². The van der Waals surface area contributed by atoms with Crippen LogP contribution >= 0.6 is 15.9 Å². The summed E-state index contributed by atoms with van der Waals surface area (Å²) in [7, 11) is 1.26. The predicted octanol–water partition coefficient (Wildman–Crippen LogP) is 2.92. The first-order chi connectivity index (χ1) is 7.63. The Kier molecular flexibility index (Phi) is 2.87. The average molecular weight is 284 g/mol. The summed E-state index contributed by atoms with van der Waals surface area (Å²) in [5, 5.41) is 1.15. The molecule has 5 heteroatoms. The minimum atomic E-state index is -0.580. The third kappa shape index (κ3) is 1.78. The second-order valence-corrected chi connectivity index (χ2v) is 3.99. The maximum Gasteiger partial charge on any atom is 0.357 e. The second kappa shape index (κ2) is 4.17. The van der Waals surface area contributed by atoms with Crippen LogP contribution in [0.3, 0.4) is 0 Å². The van der Waals surface area contributed by atoms with E-state index < -0.39 is 11.8 Å². The summed E-state index contributed by atoms with van der Waals surface area (Å²) in [4.78, 5) is 15.3. The lowest BCUT2D eigenvalue weighted by Crippen LogP contribution is -2.05. The molecule has 0 unspecified atom stereocenters. The van der Waals surface area contributed by atoms with Crippen molar-refractivity contribution in [2.45, 2.75) is 0 Å². The molecule has 0 fully saturated rings. The van der Waals surface area contributed by atoms with E-state index in [0.29, 0.717) is 9.86 Å². The number of halogens is 2. The molecule has 3 nitrogen and oxygen atoms in total. The van der Waals surface area contributed by atoms with Crippen molar-refractivity contribution in [3.8, 4) is 0 Å². The lowest BCUT2D eigenvalue weighted by atomic mass is 10.1. The molecule has 0 radical (unpaired) electrons. The molecular formula is C11H7BrFNO2. The van der Waals surface area contributed by atoms with Gasteiger partial charge in [0.25, 0.3) is 0 Å². The fourth-order valence-electron chi connectivity index (χ4n) is 1.47. The van der Waals surface area contributed by atoms with Gasteiger partial charge in [0.2, 0.25) is 0 Å². The Bertz CT molecular complexity index is 571. The minimum Gasteiger partial charge on any atom is -0.464 e. The number of benzene rings is 1. The molecule has 2 rings (SSSR count). The van der Waals surface area contributed by atoms with Crippen molar-refractivity contribution in [2.75, 3.05) is 7.11 Å². The van der Waals surface area contributed by atoms with Gasteiger partial charge < -0.3 is 4.74 Å². The Labute approximate surface area is 99.4 Å². The van der Waals surface area contributed by atoms with E-state index in [2.05, 4.69) is 25.7 Å². The van der Waals surface area contributed by atoms with E-state index in [9.17, 15) is 9.18 Å². The fraction of sp³-hybridized carbons (Fsp3) is 0.0909. The molecular weight excluding hydrogens is 277 g/mol. The molecule has 0 saturated carbocycles. The number of esters is 1. The number of carbonyl (C=O) groups is 1. The average Bonchev–Trinajstić information content (AvgIpc) is 2.27. The van der Waals surface area contributed by atoms with Crippen molar-refractivity contribution in [3.05, 3.63) is 40.4 Å². The van der Waals surface area contributed by atoms with E-state index in [4.69, 9.17) is 0 Å². The first kappa shape index (κ1) is 11.0. The molecule has 0 aliphatic rings. The number of hydrogen-bond acceptors (Lipinski definition) is 3. The summed E-state index contributed by atoms with van der Waals surface area (Å²) in [5.74, 6) is -1.01. The SMILES string of the molecule is COC(=O)c1nccc2c(Br)cc(F)cc12. The monoisotopic (exact) mass is 283 g/mol. The number of rotatable bonds is 1. The van der Waals surface area contributed by atoms with Crippen LogP contribution in [0.2, 0.25) is 0 Å². The van der Waals surface area contributed by atoms with E-state index in [0.717, 1.165) is 5.39 Å². The third-order valence-corrected chi connectivity index (χ3v) is 2.83. The molecule has 0 atom stereocenters. The zero-order chi connectivity index (χ0) is 11.7. The molecule has 2 aromatic rings. The third-order valence-electron chi connectivity index (χ3n) is 2.17. The maximum atomic E-state index is 13.2. The first-order valence-corrected chi connectivity index (χ1v) is 5.25. The summed E-state index contributed by atoms with van der Waals surface area (Å²) in [5.41, 5.74) is 0.111. The van der Waals surface area contributed by atoms with Crippen LogP contribution in [0, 0.1) is 5.82 Å². The fourth-order valence-corrected chi connectivity index (χ4v) is 2.03. The number of pyridine rings is 1. The van der Waals surface area contributed by atoms with Gasteiger partial charge in [-0.15, -0.1) is 0 Å². The summed E-state index contributed by atoms with van der Waals surface area (Å²) >= 11 is 3.23. The van der Waals surface area contributed by atoms with Gasteiger partial charge in [0.05, 0.1) is 7.11 Å². The van der Waals surface area contributed by atoms with Crippen LogP contribution in [0.25, 0.3) is 10.8 Å². The van der Waals surface area contributed by atoms with Crippen molar-refractivity contribution in [1.82, 2.24) is 4.98 Å². The molecule has 0 amide bonds. The standard InChI is InChI=1S/C11H7BrFNO2/c1-16-11(15)10-8-4-6(13)5-9(12)7(8)2-3-14-10/h2-5H,1H3. The van der Waals surface area contributed by atoms with Crippen LogP contribution in [0.4, 0.5) is 4.39 Å². The van der Waals surface area contributed by atoms with E-state index in [-0.39, 0.29) is 5.69 Å². The summed E-state index contributed by atoms with van der Waals surface area (Å²) in [6.45, 7) is 0. The smallest absolute Gasteiger partial charge is 0.357 e. The van der Waals surface area contributed by atoms with Gasteiger partial charge in [-0.3, -0.25) is 0 Å². The molecule has 0 spiro atoms. The number of ether oxygens (including phenoxy) is 1. The molecule has 0 aliphatic carbocycles.